The highest BCUT2D eigenvalue weighted by Gasteiger charge is 2.37. The van der Waals surface area contributed by atoms with Gasteiger partial charge >= 0.3 is 0 Å². The van der Waals surface area contributed by atoms with Crippen molar-refractivity contribution in [1.82, 2.24) is 0 Å². The van der Waals surface area contributed by atoms with Gasteiger partial charge in [0.1, 0.15) is 5.67 Å². The smallest absolute Gasteiger partial charge is 0.129 e. The van der Waals surface area contributed by atoms with Gasteiger partial charge in [-0.15, -0.1) is 0 Å². The SMILES string of the molecule is NC1CCC(F)(CNc2ccccc2Br)C1. The van der Waals surface area contributed by atoms with Crippen molar-refractivity contribution >= 4 is 21.6 Å². The maximum Gasteiger partial charge on any atom is 0.129 e. The standard InChI is InChI=1S/C12H16BrFN2/c13-10-3-1-2-4-11(10)16-8-12(14)6-5-9(15)7-12/h1-4,9,16H,5-8,15H2. The summed E-state index contributed by atoms with van der Waals surface area (Å²) in [6.45, 7) is 0.337. The average Bonchev–Trinajstić information content (AvgIpc) is 2.58. The Kier molecular flexibility index (Phi) is 3.50. The molecule has 2 atom stereocenters. The van der Waals surface area contributed by atoms with E-state index < -0.39 is 5.67 Å². The van der Waals surface area contributed by atoms with Crippen LogP contribution in [0.5, 0.6) is 0 Å². The Hall–Kier alpha value is -0.610. The van der Waals surface area contributed by atoms with E-state index in [1.54, 1.807) is 0 Å². The van der Waals surface area contributed by atoms with Gasteiger partial charge in [-0.2, -0.15) is 0 Å². The van der Waals surface area contributed by atoms with Crippen molar-refractivity contribution in [1.29, 1.82) is 0 Å². The number of alkyl halides is 1. The lowest BCUT2D eigenvalue weighted by molar-refractivity contribution is 0.187. The van der Waals surface area contributed by atoms with Gasteiger partial charge < -0.3 is 11.1 Å². The molecule has 4 heteroatoms. The van der Waals surface area contributed by atoms with E-state index in [1.165, 1.54) is 0 Å². The molecule has 1 fully saturated rings. The third-order valence-corrected chi connectivity index (χ3v) is 3.75. The first kappa shape index (κ1) is 11.9. The van der Waals surface area contributed by atoms with Crippen molar-refractivity contribution in [2.75, 3.05) is 11.9 Å². The van der Waals surface area contributed by atoms with Crippen LogP contribution in [0.4, 0.5) is 10.1 Å². The normalized spacial score (nSPS) is 29.3. The molecule has 2 nitrogen and oxygen atoms in total. The van der Waals surface area contributed by atoms with Crippen LogP contribution < -0.4 is 11.1 Å². The van der Waals surface area contributed by atoms with Gasteiger partial charge in [-0.05, 0) is 47.3 Å². The molecule has 0 aromatic heterocycles. The summed E-state index contributed by atoms with van der Waals surface area (Å²) in [7, 11) is 0. The summed E-state index contributed by atoms with van der Waals surface area (Å²) in [6, 6.07) is 7.76. The van der Waals surface area contributed by atoms with Gasteiger partial charge in [0.15, 0.2) is 0 Å². The number of rotatable bonds is 3. The summed E-state index contributed by atoms with van der Waals surface area (Å²) in [6.07, 6.45) is 1.81. The predicted molar refractivity (Wildman–Crippen MR) is 68.3 cm³/mol. The molecule has 1 saturated carbocycles. The first-order valence-corrected chi connectivity index (χ1v) is 6.31. The Morgan fingerprint density at radius 3 is 2.88 bits per heavy atom. The van der Waals surface area contributed by atoms with E-state index in [-0.39, 0.29) is 6.04 Å². The molecular weight excluding hydrogens is 271 g/mol. The summed E-state index contributed by atoms with van der Waals surface area (Å²) in [5, 5.41) is 3.14. The highest BCUT2D eigenvalue weighted by Crippen LogP contribution is 2.33. The monoisotopic (exact) mass is 286 g/mol. The largest absolute Gasteiger partial charge is 0.381 e. The van der Waals surface area contributed by atoms with Gasteiger partial charge in [-0.1, -0.05) is 12.1 Å². The molecule has 0 spiro atoms. The minimum Gasteiger partial charge on any atom is -0.381 e. The molecule has 0 aliphatic heterocycles. The van der Waals surface area contributed by atoms with E-state index in [4.69, 9.17) is 5.73 Å². The van der Waals surface area contributed by atoms with Gasteiger partial charge in [0, 0.05) is 22.7 Å². The molecule has 2 unspecified atom stereocenters. The van der Waals surface area contributed by atoms with E-state index in [0.717, 1.165) is 16.6 Å². The number of hydrogen-bond acceptors (Lipinski definition) is 2. The Labute approximate surface area is 104 Å². The first-order valence-electron chi connectivity index (χ1n) is 5.52. The lowest BCUT2D eigenvalue weighted by Crippen LogP contribution is -2.31. The van der Waals surface area contributed by atoms with Crippen LogP contribution in [0, 0.1) is 0 Å². The molecule has 16 heavy (non-hydrogen) atoms. The van der Waals surface area contributed by atoms with Crippen LogP contribution in [-0.4, -0.2) is 18.3 Å². The molecule has 2 rings (SSSR count). The van der Waals surface area contributed by atoms with E-state index >= 15 is 0 Å². The Morgan fingerprint density at radius 1 is 1.50 bits per heavy atom. The number of nitrogens with two attached hydrogens (primary N) is 1. The van der Waals surface area contributed by atoms with Crippen molar-refractivity contribution in [2.24, 2.45) is 5.73 Å². The van der Waals surface area contributed by atoms with Crippen LogP contribution in [-0.2, 0) is 0 Å². The number of anilines is 1. The fourth-order valence-corrected chi connectivity index (χ4v) is 2.56. The lowest BCUT2D eigenvalue weighted by atomic mass is 10.0. The molecule has 1 aliphatic rings. The summed E-state index contributed by atoms with van der Waals surface area (Å²) in [5.41, 5.74) is 5.52. The Bertz CT molecular complexity index is 372. The van der Waals surface area contributed by atoms with Crippen LogP contribution >= 0.6 is 15.9 Å². The van der Waals surface area contributed by atoms with Crippen molar-refractivity contribution in [3.63, 3.8) is 0 Å². The molecule has 1 aromatic rings. The van der Waals surface area contributed by atoms with Crippen molar-refractivity contribution in [3.8, 4) is 0 Å². The second-order valence-corrected chi connectivity index (χ2v) is 5.34. The maximum atomic E-state index is 14.2. The van der Waals surface area contributed by atoms with E-state index in [1.807, 2.05) is 24.3 Å². The van der Waals surface area contributed by atoms with E-state index in [9.17, 15) is 4.39 Å². The fraction of sp³-hybridized carbons (Fsp3) is 0.500. The molecule has 1 aliphatic carbocycles. The van der Waals surface area contributed by atoms with Gasteiger partial charge in [0.2, 0.25) is 0 Å². The lowest BCUT2D eigenvalue weighted by Gasteiger charge is -2.21. The number of halogens is 2. The summed E-state index contributed by atoms with van der Waals surface area (Å²) < 4.78 is 15.2. The molecule has 0 heterocycles. The van der Waals surface area contributed by atoms with Gasteiger partial charge in [0.05, 0.1) is 0 Å². The molecule has 0 bridgehead atoms. The summed E-state index contributed by atoms with van der Waals surface area (Å²) in [4.78, 5) is 0. The Morgan fingerprint density at radius 2 is 2.25 bits per heavy atom. The number of benzene rings is 1. The molecular formula is C12H16BrFN2. The highest BCUT2D eigenvalue weighted by atomic mass is 79.9. The zero-order valence-corrected chi connectivity index (χ0v) is 10.6. The first-order chi connectivity index (χ1) is 7.59. The van der Waals surface area contributed by atoms with Crippen LogP contribution in [0.1, 0.15) is 19.3 Å². The third kappa shape index (κ3) is 2.74. The van der Waals surface area contributed by atoms with Gasteiger partial charge in [-0.25, -0.2) is 4.39 Å². The van der Waals surface area contributed by atoms with Crippen molar-refractivity contribution in [3.05, 3.63) is 28.7 Å². The number of nitrogens with one attached hydrogen (secondary N) is 1. The predicted octanol–water partition coefficient (Wildman–Crippen LogP) is 3.08. The van der Waals surface area contributed by atoms with Crippen LogP contribution in [0.2, 0.25) is 0 Å². The molecule has 0 amide bonds. The summed E-state index contributed by atoms with van der Waals surface area (Å²) >= 11 is 3.43. The molecule has 0 saturated heterocycles. The summed E-state index contributed by atoms with van der Waals surface area (Å²) in [5.74, 6) is 0. The molecule has 0 radical (unpaired) electrons. The minimum atomic E-state index is -1.14. The fourth-order valence-electron chi connectivity index (χ4n) is 2.14. The van der Waals surface area contributed by atoms with Gasteiger partial charge in [0.25, 0.3) is 0 Å². The van der Waals surface area contributed by atoms with Crippen LogP contribution in [0.3, 0.4) is 0 Å². The maximum absolute atomic E-state index is 14.2. The topological polar surface area (TPSA) is 38.0 Å². The van der Waals surface area contributed by atoms with E-state index in [0.29, 0.717) is 19.4 Å². The number of para-hydroxylation sites is 1. The van der Waals surface area contributed by atoms with Crippen LogP contribution in [0.25, 0.3) is 0 Å². The van der Waals surface area contributed by atoms with Crippen molar-refractivity contribution < 1.29 is 4.39 Å². The molecule has 88 valence electrons. The van der Waals surface area contributed by atoms with Crippen molar-refractivity contribution in [2.45, 2.75) is 31.0 Å². The number of hydrogen-bond donors (Lipinski definition) is 2. The third-order valence-electron chi connectivity index (χ3n) is 3.06. The Balaban J connectivity index is 1.95. The second-order valence-electron chi connectivity index (χ2n) is 4.49. The van der Waals surface area contributed by atoms with E-state index in [2.05, 4.69) is 21.2 Å². The van der Waals surface area contributed by atoms with Gasteiger partial charge in [-0.3, -0.25) is 0 Å². The second kappa shape index (κ2) is 4.72. The zero-order valence-electron chi connectivity index (χ0n) is 9.05. The molecule has 3 N–H and O–H groups in total. The minimum absolute atomic E-state index is 0.0195. The van der Waals surface area contributed by atoms with Crippen LogP contribution in [0.15, 0.2) is 28.7 Å². The zero-order chi connectivity index (χ0) is 11.6. The molecule has 1 aromatic carbocycles. The average molecular weight is 287 g/mol. The highest BCUT2D eigenvalue weighted by molar-refractivity contribution is 9.10. The quantitative estimate of drug-likeness (QED) is 0.896.